The van der Waals surface area contributed by atoms with E-state index in [0.29, 0.717) is 16.6 Å². The highest BCUT2D eigenvalue weighted by Crippen LogP contribution is 2.39. The van der Waals surface area contributed by atoms with E-state index in [1.165, 1.54) is 0 Å². The van der Waals surface area contributed by atoms with Crippen LogP contribution < -0.4 is 4.74 Å². The molecule has 0 unspecified atom stereocenters. The van der Waals surface area contributed by atoms with E-state index in [0.717, 1.165) is 6.33 Å². The molecule has 0 bridgehead atoms. The predicted molar refractivity (Wildman–Crippen MR) is 72.7 cm³/mol. The van der Waals surface area contributed by atoms with Crippen molar-refractivity contribution in [2.75, 3.05) is 6.61 Å². The zero-order chi connectivity index (χ0) is 18.4. The third-order valence-electron chi connectivity index (χ3n) is 2.97. The predicted octanol–water partition coefficient (Wildman–Crippen LogP) is 3.80. The lowest BCUT2D eigenvalue weighted by molar-refractivity contribution is -0.154. The summed E-state index contributed by atoms with van der Waals surface area (Å²) in [5.74, 6) is -5.03. The van der Waals surface area contributed by atoms with E-state index in [1.807, 2.05) is 0 Å². The zero-order valence-electron chi connectivity index (χ0n) is 11.8. The minimum Gasteiger partial charge on any atom is -0.467 e. The van der Waals surface area contributed by atoms with Gasteiger partial charge in [0.05, 0.1) is 11.1 Å². The lowest BCUT2D eigenvalue weighted by atomic mass is 10.1. The van der Waals surface area contributed by atoms with Crippen LogP contribution in [0.15, 0.2) is 18.5 Å². The van der Waals surface area contributed by atoms with Crippen LogP contribution in [0.3, 0.4) is 0 Å². The van der Waals surface area contributed by atoms with E-state index in [-0.39, 0.29) is 5.78 Å². The van der Waals surface area contributed by atoms with Crippen LogP contribution in [0.4, 0.5) is 26.3 Å². The van der Waals surface area contributed by atoms with Crippen LogP contribution in [0.2, 0.25) is 5.15 Å². The fourth-order valence-corrected chi connectivity index (χ4v) is 2.32. The second-order valence-corrected chi connectivity index (χ2v) is 5.06. The van der Waals surface area contributed by atoms with Gasteiger partial charge in [-0.15, -0.1) is 0 Å². The van der Waals surface area contributed by atoms with Gasteiger partial charge < -0.3 is 4.74 Å². The number of ether oxygens (including phenoxy) is 1. The summed E-state index contributed by atoms with van der Waals surface area (Å²) in [4.78, 5) is 7.31. The van der Waals surface area contributed by atoms with Crippen molar-refractivity contribution in [1.82, 2.24) is 19.6 Å². The maximum Gasteiger partial charge on any atom is 0.422 e. The van der Waals surface area contributed by atoms with Gasteiger partial charge in [0.2, 0.25) is 5.88 Å². The molecule has 0 amide bonds. The maximum atomic E-state index is 14.1. The standard InChI is InChI=1S/C13H5ClF6N4O/c14-10-9(8-6(16)1-5(15)2-7(8)17)11(25-3-13(18,19)20)24-12(23-10)21-4-22-24/h1-2,4H,3H2. The monoisotopic (exact) mass is 382 g/mol. The molecule has 0 saturated heterocycles. The molecule has 132 valence electrons. The molecule has 0 aliphatic rings. The Bertz CT molecular complexity index is 935. The molecule has 2 aromatic heterocycles. The number of nitrogens with zero attached hydrogens (tertiary/aromatic N) is 4. The number of aromatic nitrogens is 4. The first-order valence-electron chi connectivity index (χ1n) is 6.41. The van der Waals surface area contributed by atoms with Crippen LogP contribution in [0.1, 0.15) is 0 Å². The van der Waals surface area contributed by atoms with Gasteiger partial charge in [0.15, 0.2) is 6.61 Å². The number of benzene rings is 1. The van der Waals surface area contributed by atoms with E-state index in [4.69, 9.17) is 11.6 Å². The molecule has 3 aromatic rings. The van der Waals surface area contributed by atoms with Crippen molar-refractivity contribution in [2.24, 2.45) is 0 Å². The average molecular weight is 383 g/mol. The molecule has 0 aliphatic carbocycles. The van der Waals surface area contributed by atoms with Gasteiger partial charge in [0, 0.05) is 12.1 Å². The Labute approximate surface area is 139 Å². The average Bonchev–Trinajstić information content (AvgIpc) is 2.92. The molecule has 12 heteroatoms. The molecule has 1 aromatic carbocycles. The van der Waals surface area contributed by atoms with E-state index < -0.39 is 52.4 Å². The summed E-state index contributed by atoms with van der Waals surface area (Å²) in [6, 6.07) is 0.682. The van der Waals surface area contributed by atoms with Crippen molar-refractivity contribution in [3.63, 3.8) is 0 Å². The summed E-state index contributed by atoms with van der Waals surface area (Å²) >= 11 is 5.85. The number of rotatable bonds is 3. The maximum absolute atomic E-state index is 14.1. The van der Waals surface area contributed by atoms with Crippen LogP contribution >= 0.6 is 11.6 Å². The smallest absolute Gasteiger partial charge is 0.422 e. The number of hydrogen-bond acceptors (Lipinski definition) is 4. The van der Waals surface area contributed by atoms with Gasteiger partial charge in [-0.05, 0) is 0 Å². The number of fused-ring (bicyclic) bond motifs is 1. The van der Waals surface area contributed by atoms with Crippen LogP contribution in [-0.4, -0.2) is 32.4 Å². The third kappa shape index (κ3) is 3.31. The van der Waals surface area contributed by atoms with Gasteiger partial charge in [-0.25, -0.2) is 13.2 Å². The summed E-state index contributed by atoms with van der Waals surface area (Å²) in [5.41, 5.74) is -1.56. The zero-order valence-corrected chi connectivity index (χ0v) is 12.5. The van der Waals surface area contributed by atoms with Gasteiger partial charge in [-0.1, -0.05) is 11.6 Å². The molecular formula is C13H5ClF6N4O. The Balaban J connectivity index is 2.29. The van der Waals surface area contributed by atoms with Crippen molar-refractivity contribution in [3.8, 4) is 17.0 Å². The first-order chi connectivity index (χ1) is 11.7. The van der Waals surface area contributed by atoms with E-state index in [9.17, 15) is 26.3 Å². The van der Waals surface area contributed by atoms with Crippen molar-refractivity contribution in [3.05, 3.63) is 41.1 Å². The van der Waals surface area contributed by atoms with Crippen LogP contribution in [0, 0.1) is 17.5 Å². The number of hydrogen-bond donors (Lipinski definition) is 0. The first-order valence-corrected chi connectivity index (χ1v) is 6.79. The van der Waals surface area contributed by atoms with Gasteiger partial charge in [0.1, 0.15) is 28.9 Å². The van der Waals surface area contributed by atoms with Gasteiger partial charge in [-0.2, -0.15) is 32.8 Å². The molecule has 0 radical (unpaired) electrons. The second kappa shape index (κ2) is 6.06. The lowest BCUT2D eigenvalue weighted by Crippen LogP contribution is -2.21. The molecule has 0 spiro atoms. The summed E-state index contributed by atoms with van der Waals surface area (Å²) < 4.78 is 84.0. The Morgan fingerprint density at radius 1 is 1.08 bits per heavy atom. The highest BCUT2D eigenvalue weighted by molar-refractivity contribution is 6.32. The van der Waals surface area contributed by atoms with Gasteiger partial charge in [0.25, 0.3) is 5.78 Å². The summed E-state index contributed by atoms with van der Waals surface area (Å²) in [5, 5.41) is 3.00. The summed E-state index contributed by atoms with van der Waals surface area (Å²) in [6.07, 6.45) is -3.82. The molecule has 5 nitrogen and oxygen atoms in total. The molecule has 0 N–H and O–H groups in total. The molecular weight excluding hydrogens is 378 g/mol. The van der Waals surface area contributed by atoms with Crippen LogP contribution in [0.25, 0.3) is 16.9 Å². The molecule has 0 saturated carbocycles. The van der Waals surface area contributed by atoms with Crippen molar-refractivity contribution in [2.45, 2.75) is 6.18 Å². The Kier molecular flexibility index (Phi) is 4.19. The van der Waals surface area contributed by atoms with Gasteiger partial charge >= 0.3 is 6.18 Å². The largest absolute Gasteiger partial charge is 0.467 e. The Hall–Kier alpha value is -2.56. The Morgan fingerprint density at radius 2 is 1.72 bits per heavy atom. The lowest BCUT2D eigenvalue weighted by Gasteiger charge is -2.15. The molecule has 0 fully saturated rings. The topological polar surface area (TPSA) is 52.3 Å². The highest BCUT2D eigenvalue weighted by atomic mass is 35.5. The molecule has 25 heavy (non-hydrogen) atoms. The van der Waals surface area contributed by atoms with Gasteiger partial charge in [-0.3, -0.25) is 0 Å². The molecule has 0 aliphatic heterocycles. The number of alkyl halides is 3. The fraction of sp³-hybridized carbons (Fsp3) is 0.154. The van der Waals surface area contributed by atoms with E-state index in [2.05, 4.69) is 19.8 Å². The van der Waals surface area contributed by atoms with Crippen molar-refractivity contribution in [1.29, 1.82) is 0 Å². The van der Waals surface area contributed by atoms with Crippen molar-refractivity contribution < 1.29 is 31.1 Å². The van der Waals surface area contributed by atoms with E-state index in [1.54, 1.807) is 0 Å². The highest BCUT2D eigenvalue weighted by Gasteiger charge is 2.32. The minimum absolute atomic E-state index is 0.256. The normalized spacial score (nSPS) is 12.0. The summed E-state index contributed by atoms with van der Waals surface area (Å²) in [6.45, 7) is -1.79. The molecule has 3 rings (SSSR count). The van der Waals surface area contributed by atoms with Crippen LogP contribution in [-0.2, 0) is 0 Å². The van der Waals surface area contributed by atoms with Crippen LogP contribution in [0.5, 0.6) is 5.88 Å². The molecule has 0 atom stereocenters. The third-order valence-corrected chi connectivity index (χ3v) is 3.24. The SMILES string of the molecule is Fc1cc(F)c(-c2c(Cl)nc3ncnn3c2OCC(F)(F)F)c(F)c1. The number of halogens is 7. The fourth-order valence-electron chi connectivity index (χ4n) is 2.07. The summed E-state index contributed by atoms with van der Waals surface area (Å²) in [7, 11) is 0. The quantitative estimate of drug-likeness (QED) is 0.511. The Morgan fingerprint density at radius 3 is 2.32 bits per heavy atom. The molecule has 2 heterocycles. The van der Waals surface area contributed by atoms with Crippen molar-refractivity contribution >= 4 is 17.4 Å². The minimum atomic E-state index is -4.75. The first kappa shape index (κ1) is 17.3. The van der Waals surface area contributed by atoms with E-state index >= 15 is 0 Å². The second-order valence-electron chi connectivity index (χ2n) is 4.70.